The van der Waals surface area contributed by atoms with Gasteiger partial charge in [-0.15, -0.1) is 0 Å². The number of ether oxygens (including phenoxy) is 1. The van der Waals surface area contributed by atoms with Crippen LogP contribution < -0.4 is 10.1 Å². The standard InChI is InChI=1S/C18H26N3O/c1-4-15(5-1)21-11-3-10-19-17(13-21)14-8-9-18(20-12-14)22-16-6-2-7-16/h8-9,12,15-17H,1-7,10-11,13H2. The fourth-order valence-electron chi connectivity index (χ4n) is 3.50. The first-order chi connectivity index (χ1) is 10.9. The topological polar surface area (TPSA) is 39.5 Å². The molecule has 0 aromatic carbocycles. The van der Waals surface area contributed by atoms with Crippen molar-refractivity contribution in [2.75, 3.05) is 19.6 Å². The highest BCUT2D eigenvalue weighted by atomic mass is 16.5. The Balaban J connectivity index is 1.40. The van der Waals surface area contributed by atoms with E-state index in [1.807, 2.05) is 12.3 Å². The summed E-state index contributed by atoms with van der Waals surface area (Å²) in [6.07, 6.45) is 11.4. The minimum absolute atomic E-state index is 0.286. The minimum atomic E-state index is 0.286. The van der Waals surface area contributed by atoms with E-state index in [0.29, 0.717) is 6.10 Å². The molecule has 2 heterocycles. The highest BCUT2D eigenvalue weighted by Gasteiger charge is 2.29. The van der Waals surface area contributed by atoms with Crippen LogP contribution in [-0.2, 0) is 0 Å². The molecule has 1 radical (unpaired) electrons. The van der Waals surface area contributed by atoms with Crippen molar-refractivity contribution in [1.29, 1.82) is 0 Å². The summed E-state index contributed by atoms with van der Waals surface area (Å²) >= 11 is 0. The monoisotopic (exact) mass is 300 g/mol. The SMILES string of the molecule is c1cc(OC2CCC2)ncc1C1CN(C2CCC2)CCC[N]1. The molecule has 3 aliphatic rings. The molecule has 1 atom stereocenters. The van der Waals surface area contributed by atoms with Crippen LogP contribution in [0.2, 0.25) is 0 Å². The molecule has 1 aliphatic heterocycles. The van der Waals surface area contributed by atoms with Gasteiger partial charge in [-0.05, 0) is 50.6 Å². The molecule has 2 aliphatic carbocycles. The fourth-order valence-corrected chi connectivity index (χ4v) is 3.50. The van der Waals surface area contributed by atoms with E-state index in [9.17, 15) is 0 Å². The molecule has 2 saturated carbocycles. The molecule has 0 spiro atoms. The quantitative estimate of drug-likeness (QED) is 0.858. The van der Waals surface area contributed by atoms with Crippen LogP contribution in [-0.4, -0.2) is 41.7 Å². The molecule has 119 valence electrons. The lowest BCUT2D eigenvalue weighted by Gasteiger charge is -2.38. The number of hydrogen-bond donors (Lipinski definition) is 0. The first-order valence-corrected chi connectivity index (χ1v) is 8.92. The third-order valence-electron chi connectivity index (χ3n) is 5.44. The maximum atomic E-state index is 5.85. The van der Waals surface area contributed by atoms with Crippen molar-refractivity contribution in [1.82, 2.24) is 15.2 Å². The Kier molecular flexibility index (Phi) is 4.30. The average molecular weight is 300 g/mol. The van der Waals surface area contributed by atoms with Gasteiger partial charge in [0.15, 0.2) is 0 Å². The van der Waals surface area contributed by atoms with Gasteiger partial charge in [0.2, 0.25) is 5.88 Å². The number of nitrogens with zero attached hydrogens (tertiary/aromatic N) is 3. The Labute approximate surface area is 133 Å². The Bertz CT molecular complexity index is 482. The molecule has 4 nitrogen and oxygen atoms in total. The average Bonchev–Trinajstić information content (AvgIpc) is 2.68. The van der Waals surface area contributed by atoms with E-state index in [-0.39, 0.29) is 6.04 Å². The number of pyridine rings is 1. The van der Waals surface area contributed by atoms with Gasteiger partial charge in [0.05, 0.1) is 6.04 Å². The first kappa shape index (κ1) is 14.5. The van der Waals surface area contributed by atoms with Gasteiger partial charge in [-0.3, -0.25) is 4.90 Å². The lowest BCUT2D eigenvalue weighted by Crippen LogP contribution is -2.42. The van der Waals surface area contributed by atoms with Gasteiger partial charge in [0, 0.05) is 31.4 Å². The normalized spacial score (nSPS) is 27.7. The molecule has 0 amide bonds. The molecular weight excluding hydrogens is 274 g/mol. The van der Waals surface area contributed by atoms with Crippen molar-refractivity contribution < 1.29 is 4.74 Å². The van der Waals surface area contributed by atoms with Crippen molar-refractivity contribution in [3.05, 3.63) is 23.9 Å². The van der Waals surface area contributed by atoms with Crippen LogP contribution in [0.3, 0.4) is 0 Å². The number of hydrogen-bond acceptors (Lipinski definition) is 3. The summed E-state index contributed by atoms with van der Waals surface area (Å²) in [5, 5.41) is 4.88. The highest BCUT2D eigenvalue weighted by molar-refractivity contribution is 5.22. The third kappa shape index (κ3) is 3.13. The van der Waals surface area contributed by atoms with Gasteiger partial charge in [-0.1, -0.05) is 12.5 Å². The summed E-state index contributed by atoms with van der Waals surface area (Å²) in [5.41, 5.74) is 1.24. The molecule has 1 aromatic heterocycles. The van der Waals surface area contributed by atoms with Gasteiger partial charge >= 0.3 is 0 Å². The van der Waals surface area contributed by atoms with Crippen LogP contribution in [0.25, 0.3) is 0 Å². The predicted octanol–water partition coefficient (Wildman–Crippen LogP) is 2.92. The zero-order valence-electron chi connectivity index (χ0n) is 13.3. The van der Waals surface area contributed by atoms with Crippen LogP contribution in [0.5, 0.6) is 5.88 Å². The smallest absolute Gasteiger partial charge is 0.213 e. The first-order valence-electron chi connectivity index (χ1n) is 8.92. The van der Waals surface area contributed by atoms with Gasteiger partial charge < -0.3 is 4.74 Å². The zero-order chi connectivity index (χ0) is 14.8. The van der Waals surface area contributed by atoms with Gasteiger partial charge in [-0.2, -0.15) is 0 Å². The second-order valence-corrected chi connectivity index (χ2v) is 6.96. The molecule has 1 saturated heterocycles. The summed E-state index contributed by atoms with van der Waals surface area (Å²) in [6, 6.07) is 5.29. The maximum absolute atomic E-state index is 5.85. The molecule has 0 bridgehead atoms. The third-order valence-corrected chi connectivity index (χ3v) is 5.44. The van der Waals surface area contributed by atoms with Gasteiger partial charge in [0.25, 0.3) is 0 Å². The van der Waals surface area contributed by atoms with Crippen molar-refractivity contribution in [2.24, 2.45) is 0 Å². The molecule has 4 heteroatoms. The molecule has 0 N–H and O–H groups in total. The van der Waals surface area contributed by atoms with Crippen LogP contribution >= 0.6 is 0 Å². The summed E-state index contributed by atoms with van der Waals surface area (Å²) in [6.45, 7) is 3.25. The molecule has 22 heavy (non-hydrogen) atoms. The van der Waals surface area contributed by atoms with E-state index in [1.165, 1.54) is 57.1 Å². The zero-order valence-corrected chi connectivity index (χ0v) is 13.3. The second-order valence-electron chi connectivity index (χ2n) is 6.96. The van der Waals surface area contributed by atoms with Crippen molar-refractivity contribution in [3.8, 4) is 5.88 Å². The largest absolute Gasteiger partial charge is 0.474 e. The van der Waals surface area contributed by atoms with E-state index in [1.54, 1.807) is 0 Å². The predicted molar refractivity (Wildman–Crippen MR) is 86.1 cm³/mol. The van der Waals surface area contributed by atoms with Crippen LogP contribution in [0.1, 0.15) is 56.6 Å². The molecular formula is C18H26N3O. The molecule has 3 fully saturated rings. The summed E-state index contributed by atoms with van der Waals surface area (Å²) in [5.74, 6) is 0.776. The van der Waals surface area contributed by atoms with Crippen LogP contribution in [0.4, 0.5) is 0 Å². The van der Waals surface area contributed by atoms with E-state index < -0.39 is 0 Å². The van der Waals surface area contributed by atoms with Crippen LogP contribution in [0.15, 0.2) is 18.3 Å². The summed E-state index contributed by atoms with van der Waals surface area (Å²) < 4.78 is 5.85. The number of rotatable bonds is 4. The second kappa shape index (κ2) is 6.55. The summed E-state index contributed by atoms with van der Waals surface area (Å²) in [4.78, 5) is 7.17. The minimum Gasteiger partial charge on any atom is -0.474 e. The Morgan fingerprint density at radius 2 is 1.91 bits per heavy atom. The Hall–Kier alpha value is -1.13. The van der Waals surface area contributed by atoms with E-state index in [2.05, 4.69) is 16.0 Å². The Morgan fingerprint density at radius 3 is 2.55 bits per heavy atom. The fraction of sp³-hybridized carbons (Fsp3) is 0.722. The Morgan fingerprint density at radius 1 is 1.05 bits per heavy atom. The molecule has 1 unspecified atom stereocenters. The van der Waals surface area contributed by atoms with E-state index in [4.69, 9.17) is 10.1 Å². The van der Waals surface area contributed by atoms with Gasteiger partial charge in [-0.25, -0.2) is 10.3 Å². The highest BCUT2D eigenvalue weighted by Crippen LogP contribution is 2.29. The number of aromatic nitrogens is 1. The van der Waals surface area contributed by atoms with Crippen LogP contribution in [0, 0.1) is 0 Å². The van der Waals surface area contributed by atoms with Crippen molar-refractivity contribution in [2.45, 2.75) is 63.1 Å². The van der Waals surface area contributed by atoms with E-state index >= 15 is 0 Å². The molecule has 1 aromatic rings. The van der Waals surface area contributed by atoms with Crippen molar-refractivity contribution in [3.63, 3.8) is 0 Å². The molecule has 4 rings (SSSR count). The summed E-state index contributed by atoms with van der Waals surface area (Å²) in [7, 11) is 0. The maximum Gasteiger partial charge on any atom is 0.213 e. The lowest BCUT2D eigenvalue weighted by molar-refractivity contribution is 0.114. The lowest BCUT2D eigenvalue weighted by atomic mass is 9.91. The van der Waals surface area contributed by atoms with Crippen molar-refractivity contribution >= 4 is 0 Å². The van der Waals surface area contributed by atoms with Gasteiger partial charge in [0.1, 0.15) is 6.10 Å². The van der Waals surface area contributed by atoms with E-state index in [0.717, 1.165) is 25.0 Å².